The Morgan fingerprint density at radius 3 is 2.72 bits per heavy atom. The topological polar surface area (TPSA) is 71.2 Å². The minimum Gasteiger partial charge on any atom is -0.330 e. The molecule has 0 aromatic carbocycles. The molecule has 1 aromatic heterocycles. The molecular weight excluding hydrogens is 249 g/mol. The number of aromatic nitrogens is 1. The molecule has 5 nitrogen and oxygen atoms in total. The van der Waals surface area contributed by atoms with Crippen LogP contribution in [-0.4, -0.2) is 35.1 Å². The molecule has 0 fully saturated rings. The number of carbonyl (C=O) groups excluding carboxylic acids is 1. The molecule has 0 unspecified atom stereocenters. The lowest BCUT2D eigenvalue weighted by Crippen LogP contribution is -2.39. The first-order valence-corrected chi connectivity index (χ1v) is 5.15. The number of carbonyl (C=O) groups is 1. The van der Waals surface area contributed by atoms with Gasteiger partial charge in [0.05, 0.1) is 17.4 Å². The summed E-state index contributed by atoms with van der Waals surface area (Å²) in [7, 11) is 0. The molecule has 1 amide bonds. The summed E-state index contributed by atoms with van der Waals surface area (Å²) in [6.45, 7) is 0.125. The van der Waals surface area contributed by atoms with E-state index in [0.717, 1.165) is 0 Å². The van der Waals surface area contributed by atoms with Crippen molar-refractivity contribution in [2.75, 3.05) is 18.5 Å². The van der Waals surface area contributed by atoms with Crippen LogP contribution in [-0.2, 0) is 0 Å². The van der Waals surface area contributed by atoms with Gasteiger partial charge < -0.3 is 10.3 Å². The number of nitrogen functional groups attached to an aromatic ring is 1. The van der Waals surface area contributed by atoms with Gasteiger partial charge in [-0.05, 0) is 13.0 Å². The maximum Gasteiger partial charge on any atom is 0.406 e. The number of amides is 1. The van der Waals surface area contributed by atoms with Crippen LogP contribution < -0.4 is 11.3 Å². The highest BCUT2D eigenvalue weighted by Crippen LogP contribution is 2.20. The number of hydrazine groups is 1. The molecule has 0 bridgehead atoms. The van der Waals surface area contributed by atoms with Gasteiger partial charge in [-0.25, -0.2) is 0 Å². The highest BCUT2D eigenvalue weighted by molar-refractivity contribution is 5.99. The highest BCUT2D eigenvalue weighted by atomic mass is 19.4. The molecule has 0 saturated carbocycles. The zero-order chi connectivity index (χ0) is 13.8. The lowest BCUT2D eigenvalue weighted by atomic mass is 10.2. The van der Waals surface area contributed by atoms with Crippen LogP contribution in [0.15, 0.2) is 18.5 Å². The van der Waals surface area contributed by atoms with Crippen LogP contribution in [0, 0.1) is 0 Å². The number of hydrogen-bond donors (Lipinski definition) is 2. The number of pyridine rings is 1. The van der Waals surface area contributed by atoms with Crippen molar-refractivity contribution in [2.45, 2.75) is 13.1 Å². The number of rotatable bonds is 4. The number of nitrogens with two attached hydrogens (primary N) is 1. The SMILES string of the molecule is CCN(CC(F)(F)F)C(=O)c1ccncc1NN. The molecule has 1 aromatic rings. The molecular formula is C10H13F3N4O. The predicted octanol–water partition coefficient (Wildman–Crippen LogP) is 1.39. The van der Waals surface area contributed by atoms with Gasteiger partial charge >= 0.3 is 6.18 Å². The Kier molecular flexibility index (Phi) is 4.49. The highest BCUT2D eigenvalue weighted by Gasteiger charge is 2.33. The summed E-state index contributed by atoms with van der Waals surface area (Å²) >= 11 is 0. The van der Waals surface area contributed by atoms with E-state index in [4.69, 9.17) is 5.84 Å². The predicted molar refractivity (Wildman–Crippen MR) is 59.7 cm³/mol. The molecule has 0 aliphatic heterocycles. The van der Waals surface area contributed by atoms with Crippen molar-refractivity contribution in [3.8, 4) is 0 Å². The first-order valence-electron chi connectivity index (χ1n) is 5.15. The first kappa shape index (κ1) is 14.2. The third-order valence-corrected chi connectivity index (χ3v) is 2.25. The van der Waals surface area contributed by atoms with Crippen LogP contribution in [0.3, 0.4) is 0 Å². The van der Waals surface area contributed by atoms with Crippen molar-refractivity contribution >= 4 is 11.6 Å². The molecule has 1 heterocycles. The first-order chi connectivity index (χ1) is 8.39. The second-order valence-electron chi connectivity index (χ2n) is 3.50. The number of nitrogens with zero attached hydrogens (tertiary/aromatic N) is 2. The van der Waals surface area contributed by atoms with E-state index in [1.807, 2.05) is 0 Å². The summed E-state index contributed by atoms with van der Waals surface area (Å²) < 4.78 is 36.9. The fourth-order valence-electron chi connectivity index (χ4n) is 1.41. The van der Waals surface area contributed by atoms with Crippen LogP contribution in [0.1, 0.15) is 17.3 Å². The Labute approximate surface area is 102 Å². The number of nitrogens with one attached hydrogen (secondary N) is 1. The largest absolute Gasteiger partial charge is 0.406 e. The Hall–Kier alpha value is -1.83. The molecule has 1 rings (SSSR count). The minimum atomic E-state index is -4.44. The lowest BCUT2D eigenvalue weighted by Gasteiger charge is -2.23. The van der Waals surface area contributed by atoms with Gasteiger partial charge in [0, 0.05) is 12.7 Å². The fraction of sp³-hybridized carbons (Fsp3) is 0.400. The molecule has 0 atom stereocenters. The van der Waals surface area contributed by atoms with Crippen molar-refractivity contribution in [2.24, 2.45) is 5.84 Å². The third-order valence-electron chi connectivity index (χ3n) is 2.25. The van der Waals surface area contributed by atoms with E-state index < -0.39 is 18.6 Å². The molecule has 0 aliphatic rings. The van der Waals surface area contributed by atoms with Gasteiger partial charge in [0.1, 0.15) is 6.54 Å². The smallest absolute Gasteiger partial charge is 0.330 e. The Morgan fingerprint density at radius 1 is 1.56 bits per heavy atom. The van der Waals surface area contributed by atoms with E-state index in [1.54, 1.807) is 0 Å². The summed E-state index contributed by atoms with van der Waals surface area (Å²) in [5.41, 5.74) is 2.46. The van der Waals surface area contributed by atoms with E-state index in [2.05, 4.69) is 10.4 Å². The van der Waals surface area contributed by atoms with Gasteiger partial charge in [0.25, 0.3) is 5.91 Å². The van der Waals surface area contributed by atoms with Gasteiger partial charge in [-0.3, -0.25) is 15.6 Å². The zero-order valence-electron chi connectivity index (χ0n) is 9.66. The fourth-order valence-corrected chi connectivity index (χ4v) is 1.41. The van der Waals surface area contributed by atoms with Gasteiger partial charge in [-0.15, -0.1) is 0 Å². The second-order valence-corrected chi connectivity index (χ2v) is 3.50. The summed E-state index contributed by atoms with van der Waals surface area (Å²) in [6, 6.07) is 1.32. The molecule has 0 aliphatic carbocycles. The van der Waals surface area contributed by atoms with E-state index in [0.29, 0.717) is 4.90 Å². The summed E-state index contributed by atoms with van der Waals surface area (Å²) in [6.07, 6.45) is -1.85. The lowest BCUT2D eigenvalue weighted by molar-refractivity contribution is -0.140. The Balaban J connectivity index is 2.97. The van der Waals surface area contributed by atoms with Gasteiger partial charge in [0.15, 0.2) is 0 Å². The maximum absolute atomic E-state index is 12.3. The molecule has 100 valence electrons. The van der Waals surface area contributed by atoms with Crippen LogP contribution in [0.4, 0.5) is 18.9 Å². The van der Waals surface area contributed by atoms with E-state index in [1.165, 1.54) is 25.4 Å². The average molecular weight is 262 g/mol. The quantitative estimate of drug-likeness (QED) is 0.635. The van der Waals surface area contributed by atoms with Gasteiger partial charge in [0.2, 0.25) is 0 Å². The van der Waals surface area contributed by atoms with Crippen LogP contribution in [0.25, 0.3) is 0 Å². The number of halogens is 3. The molecule has 0 spiro atoms. The average Bonchev–Trinajstić information content (AvgIpc) is 2.34. The Morgan fingerprint density at radius 2 is 2.22 bits per heavy atom. The van der Waals surface area contributed by atoms with E-state index in [-0.39, 0.29) is 17.8 Å². The molecule has 0 saturated heterocycles. The second kappa shape index (κ2) is 5.67. The molecule has 18 heavy (non-hydrogen) atoms. The summed E-state index contributed by atoms with van der Waals surface area (Å²) in [5, 5.41) is 0. The van der Waals surface area contributed by atoms with Crippen LogP contribution in [0.5, 0.6) is 0 Å². The third kappa shape index (κ3) is 3.59. The normalized spacial score (nSPS) is 11.2. The van der Waals surface area contributed by atoms with E-state index in [9.17, 15) is 18.0 Å². The summed E-state index contributed by atoms with van der Waals surface area (Å²) in [5.74, 6) is 4.43. The minimum absolute atomic E-state index is 0.0509. The van der Waals surface area contributed by atoms with Crippen molar-refractivity contribution in [3.63, 3.8) is 0 Å². The van der Waals surface area contributed by atoms with E-state index >= 15 is 0 Å². The molecule has 8 heteroatoms. The van der Waals surface area contributed by atoms with Gasteiger partial charge in [-0.2, -0.15) is 13.2 Å². The van der Waals surface area contributed by atoms with Gasteiger partial charge in [-0.1, -0.05) is 0 Å². The number of alkyl halides is 3. The maximum atomic E-state index is 12.3. The van der Waals surface area contributed by atoms with Crippen LogP contribution in [0.2, 0.25) is 0 Å². The zero-order valence-corrected chi connectivity index (χ0v) is 9.66. The van der Waals surface area contributed by atoms with Crippen molar-refractivity contribution < 1.29 is 18.0 Å². The number of anilines is 1. The molecule has 0 radical (unpaired) electrons. The van der Waals surface area contributed by atoms with Crippen molar-refractivity contribution in [1.29, 1.82) is 0 Å². The monoisotopic (exact) mass is 262 g/mol. The summed E-state index contributed by atoms with van der Waals surface area (Å²) in [4.78, 5) is 16.3. The van der Waals surface area contributed by atoms with Crippen molar-refractivity contribution in [3.05, 3.63) is 24.0 Å². The van der Waals surface area contributed by atoms with Crippen LogP contribution >= 0.6 is 0 Å². The standard InChI is InChI=1S/C10H13F3N4O/c1-2-17(6-10(11,12)13)9(18)7-3-4-15-5-8(7)16-14/h3-5,16H,2,6,14H2,1H3. The number of hydrogen-bond acceptors (Lipinski definition) is 4. The molecule has 3 N–H and O–H groups in total. The van der Waals surface area contributed by atoms with Crippen molar-refractivity contribution in [1.82, 2.24) is 9.88 Å². The Bertz CT molecular complexity index is 422.